The summed E-state index contributed by atoms with van der Waals surface area (Å²) in [5.74, 6) is 0.323. The maximum Gasteiger partial charge on any atom is 0.265 e. The molecule has 0 saturated carbocycles. The van der Waals surface area contributed by atoms with Crippen LogP contribution in [-0.4, -0.2) is 15.5 Å². The van der Waals surface area contributed by atoms with Gasteiger partial charge in [0.1, 0.15) is 10.6 Å². The average Bonchev–Trinajstić information content (AvgIpc) is 2.55. The first kappa shape index (κ1) is 15.4. The summed E-state index contributed by atoms with van der Waals surface area (Å²) >= 11 is 0. The van der Waals surface area contributed by atoms with Crippen molar-refractivity contribution in [3.63, 3.8) is 0 Å². The van der Waals surface area contributed by atoms with Crippen molar-refractivity contribution in [1.29, 1.82) is 0 Å². The Balaban J connectivity index is 2.09. The Kier molecular flexibility index (Phi) is 3.96. The van der Waals surface area contributed by atoms with E-state index in [1.54, 1.807) is 18.2 Å². The fourth-order valence-electron chi connectivity index (χ4n) is 2.51. The van der Waals surface area contributed by atoms with Crippen LogP contribution < -0.4 is 9.46 Å². The number of rotatable bonds is 4. The minimum atomic E-state index is -3.75. The second-order valence-electron chi connectivity index (χ2n) is 5.29. The summed E-state index contributed by atoms with van der Waals surface area (Å²) < 4.78 is 33.4. The molecule has 3 aromatic carbocycles. The van der Waals surface area contributed by atoms with Gasteiger partial charge < -0.3 is 4.74 Å². The number of aryl methyl sites for hydroxylation is 1. The normalized spacial score (nSPS) is 11.4. The zero-order chi connectivity index (χ0) is 16.4. The first-order valence-corrected chi connectivity index (χ1v) is 8.65. The van der Waals surface area contributed by atoms with E-state index < -0.39 is 10.0 Å². The summed E-state index contributed by atoms with van der Waals surface area (Å²) in [5.41, 5.74) is 1.40. The average molecular weight is 327 g/mol. The minimum Gasteiger partial charge on any atom is -0.495 e. The van der Waals surface area contributed by atoms with Crippen LogP contribution >= 0.6 is 0 Å². The number of nitrogens with one attached hydrogen (secondary N) is 1. The van der Waals surface area contributed by atoms with Gasteiger partial charge in [-0.2, -0.15) is 0 Å². The van der Waals surface area contributed by atoms with Crippen molar-refractivity contribution < 1.29 is 13.2 Å². The highest BCUT2D eigenvalue weighted by Crippen LogP contribution is 2.29. The molecular weight excluding hydrogens is 310 g/mol. The maximum absolute atomic E-state index is 12.8. The number of sulfonamides is 1. The van der Waals surface area contributed by atoms with E-state index in [2.05, 4.69) is 4.72 Å². The van der Waals surface area contributed by atoms with Crippen molar-refractivity contribution in [2.75, 3.05) is 11.8 Å². The molecule has 0 aliphatic carbocycles. The van der Waals surface area contributed by atoms with Crippen molar-refractivity contribution >= 4 is 26.5 Å². The Labute approximate surface area is 135 Å². The van der Waals surface area contributed by atoms with E-state index in [1.807, 2.05) is 49.4 Å². The maximum atomic E-state index is 12.8. The van der Waals surface area contributed by atoms with Gasteiger partial charge in [-0.1, -0.05) is 42.5 Å². The second-order valence-corrected chi connectivity index (χ2v) is 6.94. The van der Waals surface area contributed by atoms with Gasteiger partial charge in [-0.3, -0.25) is 4.72 Å². The molecule has 0 heterocycles. The molecule has 0 aromatic heterocycles. The molecular formula is C18H17NO3S. The molecule has 0 spiro atoms. The number of ether oxygens (including phenoxy) is 1. The molecule has 4 nitrogen and oxygen atoms in total. The van der Waals surface area contributed by atoms with E-state index in [0.29, 0.717) is 11.4 Å². The highest BCUT2D eigenvalue weighted by Gasteiger charge is 2.20. The summed E-state index contributed by atoms with van der Waals surface area (Å²) in [5, 5.41) is 1.83. The highest BCUT2D eigenvalue weighted by molar-refractivity contribution is 7.92. The first-order valence-electron chi connectivity index (χ1n) is 7.16. The number of methoxy groups -OCH3 is 1. The quantitative estimate of drug-likeness (QED) is 0.789. The van der Waals surface area contributed by atoms with Gasteiger partial charge in [0.05, 0.1) is 12.8 Å². The zero-order valence-electron chi connectivity index (χ0n) is 12.9. The van der Waals surface area contributed by atoms with Crippen molar-refractivity contribution in [3.8, 4) is 5.75 Å². The van der Waals surface area contributed by atoms with Gasteiger partial charge in [-0.05, 0) is 36.1 Å². The van der Waals surface area contributed by atoms with Gasteiger partial charge in [0, 0.05) is 5.39 Å². The summed E-state index contributed by atoms with van der Waals surface area (Å²) in [6, 6.07) is 18.2. The molecule has 1 N–H and O–H groups in total. The topological polar surface area (TPSA) is 55.4 Å². The molecule has 3 rings (SSSR count). The van der Waals surface area contributed by atoms with Crippen LogP contribution in [-0.2, 0) is 10.0 Å². The number of hydrogen-bond acceptors (Lipinski definition) is 3. The third-order valence-electron chi connectivity index (χ3n) is 3.64. The minimum absolute atomic E-state index is 0.132. The Morgan fingerprint density at radius 3 is 2.48 bits per heavy atom. The van der Waals surface area contributed by atoms with Crippen LogP contribution in [0.1, 0.15) is 5.56 Å². The van der Waals surface area contributed by atoms with E-state index >= 15 is 0 Å². The fourth-order valence-corrected chi connectivity index (χ4v) is 3.84. The molecule has 23 heavy (non-hydrogen) atoms. The van der Waals surface area contributed by atoms with Gasteiger partial charge in [0.25, 0.3) is 10.0 Å². The first-order chi connectivity index (χ1) is 11.0. The largest absolute Gasteiger partial charge is 0.495 e. The lowest BCUT2D eigenvalue weighted by Gasteiger charge is -2.13. The number of fused-ring (bicyclic) bond motifs is 1. The van der Waals surface area contributed by atoms with E-state index in [0.717, 1.165) is 16.3 Å². The molecule has 0 fully saturated rings. The Bertz CT molecular complexity index is 960. The number of anilines is 1. The Morgan fingerprint density at radius 2 is 1.70 bits per heavy atom. The van der Waals surface area contributed by atoms with Crippen LogP contribution in [0.3, 0.4) is 0 Å². The van der Waals surface area contributed by atoms with E-state index in [-0.39, 0.29) is 4.90 Å². The molecule has 0 bridgehead atoms. The van der Waals surface area contributed by atoms with Crippen LogP contribution in [0.2, 0.25) is 0 Å². The third kappa shape index (κ3) is 3.00. The Hall–Kier alpha value is -2.53. The van der Waals surface area contributed by atoms with Gasteiger partial charge >= 0.3 is 0 Å². The summed E-state index contributed by atoms with van der Waals surface area (Å²) in [6.07, 6.45) is 0. The Morgan fingerprint density at radius 1 is 0.957 bits per heavy atom. The SMILES string of the molecule is COc1ccc(C)cc1S(=O)(=O)Nc1cccc2ccccc12. The summed E-state index contributed by atoms with van der Waals surface area (Å²) in [4.78, 5) is 0.132. The molecule has 0 atom stereocenters. The van der Waals surface area contributed by atoms with E-state index in [1.165, 1.54) is 7.11 Å². The molecule has 118 valence electrons. The van der Waals surface area contributed by atoms with Crippen molar-refractivity contribution in [2.45, 2.75) is 11.8 Å². The van der Waals surface area contributed by atoms with Crippen molar-refractivity contribution in [2.24, 2.45) is 0 Å². The summed E-state index contributed by atoms with van der Waals surface area (Å²) in [6.45, 7) is 1.84. The lowest BCUT2D eigenvalue weighted by atomic mass is 10.1. The predicted octanol–water partition coefficient (Wildman–Crippen LogP) is 3.96. The molecule has 0 amide bonds. The van der Waals surface area contributed by atoms with Crippen LogP contribution in [0.5, 0.6) is 5.75 Å². The predicted molar refractivity (Wildman–Crippen MR) is 92.5 cm³/mol. The lowest BCUT2D eigenvalue weighted by molar-refractivity contribution is 0.402. The standard InChI is InChI=1S/C18H17NO3S/c1-13-10-11-17(22-2)18(12-13)23(20,21)19-16-9-5-7-14-6-3-4-8-15(14)16/h3-12,19H,1-2H3. The monoisotopic (exact) mass is 327 g/mol. The summed E-state index contributed by atoms with van der Waals surface area (Å²) in [7, 11) is -2.29. The van der Waals surface area contributed by atoms with Gasteiger partial charge in [0.2, 0.25) is 0 Å². The molecule has 0 unspecified atom stereocenters. The van der Waals surface area contributed by atoms with Crippen LogP contribution in [0.15, 0.2) is 65.6 Å². The smallest absolute Gasteiger partial charge is 0.265 e. The van der Waals surface area contributed by atoms with Crippen LogP contribution in [0.25, 0.3) is 10.8 Å². The second kappa shape index (κ2) is 5.93. The van der Waals surface area contributed by atoms with E-state index in [4.69, 9.17) is 4.74 Å². The number of benzene rings is 3. The van der Waals surface area contributed by atoms with Crippen LogP contribution in [0, 0.1) is 6.92 Å². The molecule has 0 radical (unpaired) electrons. The molecule has 0 saturated heterocycles. The molecule has 3 aromatic rings. The molecule has 0 aliphatic heterocycles. The van der Waals surface area contributed by atoms with E-state index in [9.17, 15) is 8.42 Å². The van der Waals surface area contributed by atoms with Crippen molar-refractivity contribution in [1.82, 2.24) is 0 Å². The van der Waals surface area contributed by atoms with Crippen molar-refractivity contribution in [3.05, 3.63) is 66.2 Å². The van der Waals surface area contributed by atoms with Gasteiger partial charge in [-0.25, -0.2) is 8.42 Å². The molecule has 5 heteroatoms. The lowest BCUT2D eigenvalue weighted by Crippen LogP contribution is -2.14. The van der Waals surface area contributed by atoms with Gasteiger partial charge in [-0.15, -0.1) is 0 Å². The zero-order valence-corrected chi connectivity index (χ0v) is 13.7. The molecule has 0 aliphatic rings. The fraction of sp³-hybridized carbons (Fsp3) is 0.111. The third-order valence-corrected chi connectivity index (χ3v) is 5.03. The highest BCUT2D eigenvalue weighted by atomic mass is 32.2. The van der Waals surface area contributed by atoms with Crippen LogP contribution in [0.4, 0.5) is 5.69 Å². The van der Waals surface area contributed by atoms with Gasteiger partial charge in [0.15, 0.2) is 0 Å². The number of hydrogen-bond donors (Lipinski definition) is 1.